The van der Waals surface area contributed by atoms with Gasteiger partial charge in [-0.25, -0.2) is 0 Å². The standard InChI is InChI=1S/C21H39NO3/c1-6-7-8-9-12-24-14-15-25-13-10-11-22-20(23)19-18(16-17(2)3)21(19,4)5/h16,18-19H,6-15H2,1-5H3,(H,22,23). The predicted molar refractivity (Wildman–Crippen MR) is 104 cm³/mol. The van der Waals surface area contributed by atoms with E-state index >= 15 is 0 Å². The summed E-state index contributed by atoms with van der Waals surface area (Å²) in [5.74, 6) is 0.676. The Bertz CT molecular complexity index is 413. The summed E-state index contributed by atoms with van der Waals surface area (Å²) in [6.45, 7) is 14.2. The third-order valence-corrected chi connectivity index (χ3v) is 4.98. The first kappa shape index (κ1) is 22.2. The van der Waals surface area contributed by atoms with Gasteiger partial charge in [-0.05, 0) is 38.0 Å². The number of carbonyl (C=O) groups is 1. The van der Waals surface area contributed by atoms with Crippen molar-refractivity contribution >= 4 is 5.91 Å². The van der Waals surface area contributed by atoms with Gasteiger partial charge in [-0.2, -0.15) is 0 Å². The number of allylic oxidation sites excluding steroid dienone is 2. The highest BCUT2D eigenvalue weighted by Gasteiger charge is 2.60. The molecule has 0 aromatic rings. The maximum atomic E-state index is 12.3. The van der Waals surface area contributed by atoms with Gasteiger partial charge < -0.3 is 14.8 Å². The maximum absolute atomic E-state index is 12.3. The van der Waals surface area contributed by atoms with Crippen molar-refractivity contribution in [2.24, 2.45) is 17.3 Å². The predicted octanol–water partition coefficient (Wildman–Crippen LogP) is 4.34. The van der Waals surface area contributed by atoms with Crippen molar-refractivity contribution < 1.29 is 14.3 Å². The molecule has 0 bridgehead atoms. The van der Waals surface area contributed by atoms with E-state index in [1.54, 1.807) is 0 Å². The van der Waals surface area contributed by atoms with E-state index in [2.05, 4.69) is 46.0 Å². The van der Waals surface area contributed by atoms with Gasteiger partial charge in [0.15, 0.2) is 0 Å². The third kappa shape index (κ3) is 8.37. The quantitative estimate of drug-likeness (QED) is 0.373. The molecule has 1 saturated carbocycles. The zero-order valence-electron chi connectivity index (χ0n) is 17.0. The Kier molecular flexibility index (Phi) is 10.4. The van der Waals surface area contributed by atoms with Crippen LogP contribution >= 0.6 is 0 Å². The maximum Gasteiger partial charge on any atom is 0.224 e. The first-order valence-corrected chi connectivity index (χ1v) is 9.99. The van der Waals surface area contributed by atoms with Crippen molar-refractivity contribution in [3.63, 3.8) is 0 Å². The molecular weight excluding hydrogens is 314 g/mol. The molecule has 1 amide bonds. The number of hydrogen-bond acceptors (Lipinski definition) is 3. The van der Waals surface area contributed by atoms with E-state index in [0.29, 0.717) is 32.3 Å². The summed E-state index contributed by atoms with van der Waals surface area (Å²) in [7, 11) is 0. The molecule has 1 N–H and O–H groups in total. The Labute approximate surface area is 154 Å². The molecule has 1 rings (SSSR count). The fourth-order valence-corrected chi connectivity index (χ4v) is 3.30. The van der Waals surface area contributed by atoms with Gasteiger partial charge in [0.2, 0.25) is 5.91 Å². The van der Waals surface area contributed by atoms with E-state index in [-0.39, 0.29) is 17.2 Å². The SMILES string of the molecule is CCCCCCOCCOCCCNC(=O)C1C(C=C(C)C)C1(C)C. The van der Waals surface area contributed by atoms with Crippen LogP contribution in [0.15, 0.2) is 11.6 Å². The number of hydrogen-bond donors (Lipinski definition) is 1. The van der Waals surface area contributed by atoms with E-state index in [1.165, 1.54) is 24.8 Å². The van der Waals surface area contributed by atoms with Gasteiger partial charge in [-0.1, -0.05) is 51.7 Å². The molecule has 0 heterocycles. The minimum Gasteiger partial charge on any atom is -0.379 e. The fourth-order valence-electron chi connectivity index (χ4n) is 3.30. The summed E-state index contributed by atoms with van der Waals surface area (Å²) in [6, 6.07) is 0. The van der Waals surface area contributed by atoms with Crippen LogP contribution in [-0.4, -0.2) is 38.9 Å². The zero-order valence-corrected chi connectivity index (χ0v) is 17.0. The normalized spacial score (nSPS) is 21.0. The van der Waals surface area contributed by atoms with E-state index in [1.807, 2.05) is 0 Å². The van der Waals surface area contributed by atoms with Crippen LogP contribution in [0.4, 0.5) is 0 Å². The molecule has 4 heteroatoms. The van der Waals surface area contributed by atoms with Gasteiger partial charge in [0.05, 0.1) is 19.1 Å². The minimum atomic E-state index is 0.0896. The average Bonchev–Trinajstić information content (AvgIpc) is 3.08. The first-order valence-electron chi connectivity index (χ1n) is 9.99. The Morgan fingerprint density at radius 1 is 1.00 bits per heavy atom. The summed E-state index contributed by atoms with van der Waals surface area (Å²) in [6.07, 6.45) is 8.03. The first-order chi connectivity index (χ1) is 11.9. The molecule has 0 aliphatic heterocycles. The second-order valence-electron chi connectivity index (χ2n) is 8.00. The van der Waals surface area contributed by atoms with Crippen LogP contribution < -0.4 is 5.32 Å². The molecule has 0 aromatic carbocycles. The van der Waals surface area contributed by atoms with Crippen molar-refractivity contribution in [1.29, 1.82) is 0 Å². The number of nitrogens with one attached hydrogen (secondary N) is 1. The molecule has 1 aliphatic carbocycles. The Morgan fingerprint density at radius 3 is 2.24 bits per heavy atom. The Hall–Kier alpha value is -0.870. The van der Waals surface area contributed by atoms with Gasteiger partial charge in [0.1, 0.15) is 0 Å². The largest absolute Gasteiger partial charge is 0.379 e. The number of rotatable bonds is 14. The van der Waals surface area contributed by atoms with Crippen LogP contribution in [0.5, 0.6) is 0 Å². The van der Waals surface area contributed by atoms with Crippen molar-refractivity contribution in [3.05, 3.63) is 11.6 Å². The Morgan fingerprint density at radius 2 is 1.64 bits per heavy atom. The highest BCUT2D eigenvalue weighted by Crippen LogP contribution is 2.59. The van der Waals surface area contributed by atoms with E-state index in [4.69, 9.17) is 9.47 Å². The molecule has 2 atom stereocenters. The molecule has 0 saturated heterocycles. The van der Waals surface area contributed by atoms with Crippen LogP contribution in [0.2, 0.25) is 0 Å². The molecule has 4 nitrogen and oxygen atoms in total. The summed E-state index contributed by atoms with van der Waals surface area (Å²) in [5, 5.41) is 3.05. The van der Waals surface area contributed by atoms with Crippen LogP contribution in [0.25, 0.3) is 0 Å². The zero-order chi connectivity index (χ0) is 18.7. The molecule has 25 heavy (non-hydrogen) atoms. The molecule has 2 unspecified atom stereocenters. The van der Waals surface area contributed by atoms with Gasteiger partial charge >= 0.3 is 0 Å². The highest BCUT2D eigenvalue weighted by molar-refractivity contribution is 5.83. The monoisotopic (exact) mass is 353 g/mol. The van der Waals surface area contributed by atoms with Gasteiger partial charge in [0, 0.05) is 19.8 Å². The minimum absolute atomic E-state index is 0.0896. The van der Waals surface area contributed by atoms with Crippen LogP contribution in [-0.2, 0) is 14.3 Å². The van der Waals surface area contributed by atoms with E-state index < -0.39 is 0 Å². The van der Waals surface area contributed by atoms with Crippen molar-refractivity contribution in [3.8, 4) is 0 Å². The number of unbranched alkanes of at least 4 members (excludes halogenated alkanes) is 3. The van der Waals surface area contributed by atoms with Crippen LogP contribution in [0.3, 0.4) is 0 Å². The second-order valence-corrected chi connectivity index (χ2v) is 8.00. The molecule has 0 spiro atoms. The lowest BCUT2D eigenvalue weighted by atomic mass is 10.1. The molecule has 146 valence electrons. The Balaban J connectivity index is 1.97. The smallest absolute Gasteiger partial charge is 0.224 e. The topological polar surface area (TPSA) is 47.6 Å². The molecule has 1 fully saturated rings. The lowest BCUT2D eigenvalue weighted by Gasteiger charge is -2.07. The second kappa shape index (κ2) is 11.7. The molecule has 0 aromatic heterocycles. The van der Waals surface area contributed by atoms with Crippen molar-refractivity contribution in [2.75, 3.05) is 33.0 Å². The number of carbonyl (C=O) groups excluding carboxylic acids is 1. The summed E-state index contributed by atoms with van der Waals surface area (Å²) >= 11 is 0. The number of amides is 1. The number of ether oxygens (including phenoxy) is 2. The van der Waals surface area contributed by atoms with Crippen LogP contribution in [0, 0.1) is 17.3 Å². The van der Waals surface area contributed by atoms with Crippen molar-refractivity contribution in [2.45, 2.75) is 66.7 Å². The van der Waals surface area contributed by atoms with Crippen molar-refractivity contribution in [1.82, 2.24) is 5.32 Å². The lowest BCUT2D eigenvalue weighted by Crippen LogP contribution is -2.28. The average molecular weight is 354 g/mol. The van der Waals surface area contributed by atoms with Gasteiger partial charge in [-0.3, -0.25) is 4.79 Å². The molecular formula is C21H39NO3. The lowest BCUT2D eigenvalue weighted by molar-refractivity contribution is -0.123. The summed E-state index contributed by atoms with van der Waals surface area (Å²) in [5.41, 5.74) is 1.38. The summed E-state index contributed by atoms with van der Waals surface area (Å²) in [4.78, 5) is 12.3. The highest BCUT2D eigenvalue weighted by atomic mass is 16.5. The molecule has 1 aliphatic rings. The van der Waals surface area contributed by atoms with Gasteiger partial charge in [-0.15, -0.1) is 0 Å². The summed E-state index contributed by atoms with van der Waals surface area (Å²) < 4.78 is 11.1. The van der Waals surface area contributed by atoms with E-state index in [9.17, 15) is 4.79 Å². The van der Waals surface area contributed by atoms with Gasteiger partial charge in [0.25, 0.3) is 0 Å². The molecule has 0 radical (unpaired) electrons. The van der Waals surface area contributed by atoms with E-state index in [0.717, 1.165) is 19.4 Å². The van der Waals surface area contributed by atoms with Crippen LogP contribution in [0.1, 0.15) is 66.7 Å². The fraction of sp³-hybridized carbons (Fsp3) is 0.857. The third-order valence-electron chi connectivity index (χ3n) is 4.98.